The highest BCUT2D eigenvalue weighted by molar-refractivity contribution is 5.68. The molecule has 1 aromatic rings. The highest BCUT2D eigenvalue weighted by Crippen LogP contribution is 2.29. The van der Waals surface area contributed by atoms with Crippen molar-refractivity contribution in [3.63, 3.8) is 0 Å². The van der Waals surface area contributed by atoms with Crippen LogP contribution in [0.5, 0.6) is 0 Å². The van der Waals surface area contributed by atoms with Crippen LogP contribution in [0.4, 0.5) is 4.79 Å². The summed E-state index contributed by atoms with van der Waals surface area (Å²) in [7, 11) is 0. The molecule has 2 fully saturated rings. The molecule has 5 nitrogen and oxygen atoms in total. The van der Waals surface area contributed by atoms with Crippen molar-refractivity contribution in [2.75, 3.05) is 45.9 Å². The minimum atomic E-state index is -0.426. The molecule has 1 aromatic carbocycles. The maximum Gasteiger partial charge on any atom is 0.410 e. The fraction of sp³-hybridized carbons (Fsp3) is 0.682. The van der Waals surface area contributed by atoms with E-state index in [1.807, 2.05) is 25.7 Å². The molecule has 0 aromatic heterocycles. The van der Waals surface area contributed by atoms with Gasteiger partial charge in [0.2, 0.25) is 0 Å². The molecular formula is C22H34N2O3. The lowest BCUT2D eigenvalue weighted by molar-refractivity contribution is 0.0205. The Morgan fingerprint density at radius 3 is 2.30 bits per heavy atom. The zero-order valence-electron chi connectivity index (χ0n) is 17.1. The average molecular weight is 375 g/mol. The number of morpholine rings is 1. The second kappa shape index (κ2) is 9.07. The van der Waals surface area contributed by atoms with Crippen LogP contribution in [0.15, 0.2) is 24.3 Å². The topological polar surface area (TPSA) is 42.0 Å². The van der Waals surface area contributed by atoms with E-state index in [4.69, 9.17) is 9.47 Å². The van der Waals surface area contributed by atoms with Crippen LogP contribution >= 0.6 is 0 Å². The Morgan fingerprint density at radius 2 is 1.70 bits per heavy atom. The number of ether oxygens (including phenoxy) is 2. The number of amides is 1. The highest BCUT2D eigenvalue weighted by atomic mass is 16.6. The number of likely N-dealkylation sites (tertiary alicyclic amines) is 1. The monoisotopic (exact) mass is 374 g/mol. The van der Waals surface area contributed by atoms with Crippen LogP contribution in [-0.2, 0) is 15.9 Å². The highest BCUT2D eigenvalue weighted by Gasteiger charge is 2.27. The van der Waals surface area contributed by atoms with Gasteiger partial charge in [0.1, 0.15) is 5.60 Å². The van der Waals surface area contributed by atoms with Crippen molar-refractivity contribution >= 4 is 6.09 Å². The second-order valence-electron chi connectivity index (χ2n) is 8.69. The van der Waals surface area contributed by atoms with Crippen molar-refractivity contribution < 1.29 is 14.3 Å². The molecule has 1 amide bonds. The van der Waals surface area contributed by atoms with E-state index in [2.05, 4.69) is 29.2 Å². The van der Waals surface area contributed by atoms with Gasteiger partial charge >= 0.3 is 6.09 Å². The summed E-state index contributed by atoms with van der Waals surface area (Å²) in [5, 5.41) is 0. The molecule has 2 aliphatic heterocycles. The Kier molecular flexibility index (Phi) is 6.77. The van der Waals surface area contributed by atoms with Crippen LogP contribution in [0.25, 0.3) is 0 Å². The van der Waals surface area contributed by atoms with Crippen molar-refractivity contribution in [1.82, 2.24) is 9.80 Å². The first-order valence-electron chi connectivity index (χ1n) is 10.3. The van der Waals surface area contributed by atoms with Crippen LogP contribution in [-0.4, -0.2) is 67.4 Å². The summed E-state index contributed by atoms with van der Waals surface area (Å²) in [5.74, 6) is 0.539. The molecule has 2 heterocycles. The quantitative estimate of drug-likeness (QED) is 0.806. The molecule has 0 spiro atoms. The molecular weight excluding hydrogens is 340 g/mol. The molecule has 5 heteroatoms. The molecule has 2 saturated heterocycles. The van der Waals surface area contributed by atoms with Crippen LogP contribution < -0.4 is 0 Å². The molecule has 0 atom stereocenters. The zero-order chi connectivity index (χ0) is 19.3. The number of hydrogen-bond acceptors (Lipinski definition) is 4. The molecule has 27 heavy (non-hydrogen) atoms. The minimum Gasteiger partial charge on any atom is -0.444 e. The van der Waals surface area contributed by atoms with Gasteiger partial charge in [-0.1, -0.05) is 24.3 Å². The second-order valence-corrected chi connectivity index (χ2v) is 8.69. The third-order valence-corrected chi connectivity index (χ3v) is 5.42. The van der Waals surface area contributed by atoms with Crippen LogP contribution in [0.3, 0.4) is 0 Å². The van der Waals surface area contributed by atoms with Crippen LogP contribution in [0, 0.1) is 0 Å². The molecule has 0 N–H and O–H groups in total. The summed E-state index contributed by atoms with van der Waals surface area (Å²) in [6, 6.07) is 9.11. The van der Waals surface area contributed by atoms with Gasteiger partial charge in [0.15, 0.2) is 0 Å². The van der Waals surface area contributed by atoms with Gasteiger partial charge in [0, 0.05) is 32.7 Å². The predicted molar refractivity (Wildman–Crippen MR) is 107 cm³/mol. The summed E-state index contributed by atoms with van der Waals surface area (Å²) >= 11 is 0. The SMILES string of the molecule is CC(C)(C)OC(=O)N1CCC(c2ccc(CCN3CCOCC3)cc2)CC1. The number of rotatable bonds is 4. The van der Waals surface area contributed by atoms with Gasteiger partial charge in [0.25, 0.3) is 0 Å². The van der Waals surface area contributed by atoms with Crippen LogP contribution in [0.1, 0.15) is 50.7 Å². The fourth-order valence-electron chi connectivity index (χ4n) is 3.79. The molecule has 0 saturated carbocycles. The Morgan fingerprint density at radius 1 is 1.07 bits per heavy atom. The van der Waals surface area contributed by atoms with E-state index in [1.165, 1.54) is 11.1 Å². The van der Waals surface area contributed by atoms with Gasteiger partial charge in [-0.25, -0.2) is 4.79 Å². The van der Waals surface area contributed by atoms with Crippen molar-refractivity contribution in [3.8, 4) is 0 Å². The first kappa shape index (κ1) is 20.2. The molecule has 3 rings (SSSR count). The van der Waals surface area contributed by atoms with E-state index in [9.17, 15) is 4.79 Å². The Labute approximate surface area is 163 Å². The van der Waals surface area contributed by atoms with Gasteiger partial charge in [-0.15, -0.1) is 0 Å². The van der Waals surface area contributed by atoms with E-state index in [1.54, 1.807) is 0 Å². The normalized spacial score (nSPS) is 19.9. The number of piperidine rings is 1. The average Bonchev–Trinajstić information content (AvgIpc) is 2.66. The van der Waals surface area contributed by atoms with Crippen LogP contribution in [0.2, 0.25) is 0 Å². The summed E-state index contributed by atoms with van der Waals surface area (Å²) in [6.45, 7) is 12.2. The summed E-state index contributed by atoms with van der Waals surface area (Å²) in [4.78, 5) is 16.5. The third kappa shape index (κ3) is 6.22. The largest absolute Gasteiger partial charge is 0.444 e. The van der Waals surface area contributed by atoms with Crippen molar-refractivity contribution in [3.05, 3.63) is 35.4 Å². The molecule has 0 aliphatic carbocycles. The van der Waals surface area contributed by atoms with Gasteiger partial charge in [-0.2, -0.15) is 0 Å². The number of hydrogen-bond donors (Lipinski definition) is 0. The summed E-state index contributed by atoms with van der Waals surface area (Å²) in [6.07, 6.45) is 2.93. The van der Waals surface area contributed by atoms with E-state index in [0.717, 1.165) is 65.2 Å². The van der Waals surface area contributed by atoms with E-state index < -0.39 is 5.60 Å². The molecule has 2 aliphatic rings. The lowest BCUT2D eigenvalue weighted by Crippen LogP contribution is -2.41. The lowest BCUT2D eigenvalue weighted by atomic mass is 9.89. The smallest absolute Gasteiger partial charge is 0.410 e. The Bertz CT molecular complexity index is 595. The standard InChI is InChI=1S/C22H34N2O3/c1-22(2,3)27-21(25)24-12-9-20(10-13-24)19-6-4-18(5-7-19)8-11-23-14-16-26-17-15-23/h4-7,20H,8-17H2,1-3H3. The first-order chi connectivity index (χ1) is 12.9. The van der Waals surface area contributed by atoms with Gasteiger partial charge in [-0.05, 0) is 57.1 Å². The number of benzene rings is 1. The molecule has 150 valence electrons. The number of nitrogens with zero attached hydrogens (tertiary/aromatic N) is 2. The third-order valence-electron chi connectivity index (χ3n) is 5.42. The fourth-order valence-corrected chi connectivity index (χ4v) is 3.79. The number of carbonyl (C=O) groups is 1. The first-order valence-corrected chi connectivity index (χ1v) is 10.3. The summed E-state index contributed by atoms with van der Waals surface area (Å²) in [5.41, 5.74) is 2.37. The minimum absolute atomic E-state index is 0.181. The predicted octanol–water partition coefficient (Wildman–Crippen LogP) is 3.68. The van der Waals surface area contributed by atoms with Crippen molar-refractivity contribution in [2.45, 2.75) is 51.6 Å². The van der Waals surface area contributed by atoms with Crippen molar-refractivity contribution in [1.29, 1.82) is 0 Å². The molecule has 0 bridgehead atoms. The van der Waals surface area contributed by atoms with Crippen molar-refractivity contribution in [2.24, 2.45) is 0 Å². The maximum atomic E-state index is 12.2. The van der Waals surface area contributed by atoms with E-state index in [0.29, 0.717) is 5.92 Å². The van der Waals surface area contributed by atoms with Gasteiger partial charge in [0.05, 0.1) is 13.2 Å². The zero-order valence-corrected chi connectivity index (χ0v) is 17.1. The van der Waals surface area contributed by atoms with E-state index in [-0.39, 0.29) is 6.09 Å². The van der Waals surface area contributed by atoms with Gasteiger partial charge in [-0.3, -0.25) is 4.90 Å². The molecule has 0 unspecified atom stereocenters. The molecule has 0 radical (unpaired) electrons. The number of carbonyl (C=O) groups excluding carboxylic acids is 1. The Balaban J connectivity index is 1.45. The van der Waals surface area contributed by atoms with Gasteiger partial charge < -0.3 is 14.4 Å². The maximum absolute atomic E-state index is 12.2. The summed E-state index contributed by atoms with van der Waals surface area (Å²) < 4.78 is 10.9. The lowest BCUT2D eigenvalue weighted by Gasteiger charge is -2.33. The Hall–Kier alpha value is -1.59. The van der Waals surface area contributed by atoms with E-state index >= 15 is 0 Å².